The first-order valence-corrected chi connectivity index (χ1v) is 7.06. The number of carbonyl (C=O) groups is 2. The first-order valence-electron chi connectivity index (χ1n) is 7.06. The summed E-state index contributed by atoms with van der Waals surface area (Å²) >= 11 is 0. The van der Waals surface area contributed by atoms with E-state index >= 15 is 0 Å². The summed E-state index contributed by atoms with van der Waals surface area (Å²) in [7, 11) is 0. The molecule has 0 aliphatic heterocycles. The van der Waals surface area contributed by atoms with Crippen LogP contribution in [0.2, 0.25) is 0 Å². The number of hydrogen-bond acceptors (Lipinski definition) is 4. The average molecular weight is 278 g/mol. The van der Waals surface area contributed by atoms with Crippen LogP contribution in [0.4, 0.5) is 0 Å². The van der Waals surface area contributed by atoms with Crippen LogP contribution in [-0.2, 0) is 9.53 Å². The van der Waals surface area contributed by atoms with Gasteiger partial charge in [-0.25, -0.2) is 4.79 Å². The number of hydrogen-bond donors (Lipinski definition) is 0. The van der Waals surface area contributed by atoms with Gasteiger partial charge in [0, 0.05) is 5.56 Å². The first-order chi connectivity index (χ1) is 9.67. The number of ether oxygens (including phenoxy) is 2. The van der Waals surface area contributed by atoms with Crippen LogP contribution in [0.5, 0.6) is 5.75 Å². The summed E-state index contributed by atoms with van der Waals surface area (Å²) in [4.78, 5) is 22.2. The molecule has 20 heavy (non-hydrogen) atoms. The monoisotopic (exact) mass is 278 g/mol. The summed E-state index contributed by atoms with van der Waals surface area (Å²) < 4.78 is 10.6. The summed E-state index contributed by atoms with van der Waals surface area (Å²) in [6.45, 7) is 4.23. The SMILES string of the molecule is CCCCCCOC(=O)[C@@H](C)Oc1ccc(C=O)cc1. The minimum atomic E-state index is -0.650. The molecule has 0 aliphatic carbocycles. The van der Waals surface area contributed by atoms with Gasteiger partial charge in [-0.2, -0.15) is 0 Å². The van der Waals surface area contributed by atoms with Crippen LogP contribution < -0.4 is 4.74 Å². The fourth-order valence-corrected chi connectivity index (χ4v) is 1.70. The van der Waals surface area contributed by atoms with Crippen LogP contribution >= 0.6 is 0 Å². The zero-order valence-corrected chi connectivity index (χ0v) is 12.1. The molecule has 0 bridgehead atoms. The summed E-state index contributed by atoms with van der Waals surface area (Å²) in [5.74, 6) is 0.187. The smallest absolute Gasteiger partial charge is 0.347 e. The fraction of sp³-hybridized carbons (Fsp3) is 0.500. The molecule has 1 rings (SSSR count). The third-order valence-corrected chi connectivity index (χ3v) is 2.90. The minimum Gasteiger partial charge on any atom is -0.479 e. The Balaban J connectivity index is 2.31. The number of aldehydes is 1. The quantitative estimate of drug-likeness (QED) is 0.395. The zero-order valence-electron chi connectivity index (χ0n) is 12.1. The number of carbonyl (C=O) groups excluding carboxylic acids is 2. The van der Waals surface area contributed by atoms with E-state index in [0.29, 0.717) is 17.9 Å². The number of esters is 1. The second-order valence-electron chi connectivity index (χ2n) is 4.68. The lowest BCUT2D eigenvalue weighted by Gasteiger charge is -2.14. The maximum atomic E-state index is 11.7. The third kappa shape index (κ3) is 5.87. The van der Waals surface area contributed by atoms with Crippen LogP contribution in [0.15, 0.2) is 24.3 Å². The van der Waals surface area contributed by atoms with Crippen molar-refractivity contribution in [3.8, 4) is 5.75 Å². The molecule has 1 atom stereocenters. The normalized spacial score (nSPS) is 11.7. The predicted molar refractivity (Wildman–Crippen MR) is 77.0 cm³/mol. The van der Waals surface area contributed by atoms with Crippen molar-refractivity contribution in [3.63, 3.8) is 0 Å². The molecule has 0 fully saturated rings. The first kappa shape index (κ1) is 16.2. The maximum Gasteiger partial charge on any atom is 0.347 e. The molecule has 110 valence electrons. The van der Waals surface area contributed by atoms with Gasteiger partial charge in [-0.15, -0.1) is 0 Å². The van der Waals surface area contributed by atoms with Crippen molar-refractivity contribution in [2.75, 3.05) is 6.61 Å². The van der Waals surface area contributed by atoms with Gasteiger partial charge >= 0.3 is 5.97 Å². The number of rotatable bonds is 9. The fourth-order valence-electron chi connectivity index (χ4n) is 1.70. The van der Waals surface area contributed by atoms with E-state index in [1.165, 1.54) is 0 Å². The van der Waals surface area contributed by atoms with Crippen molar-refractivity contribution in [2.45, 2.75) is 45.6 Å². The van der Waals surface area contributed by atoms with Gasteiger partial charge < -0.3 is 9.47 Å². The lowest BCUT2D eigenvalue weighted by molar-refractivity contribution is -0.151. The van der Waals surface area contributed by atoms with Crippen LogP contribution in [0.3, 0.4) is 0 Å². The van der Waals surface area contributed by atoms with Gasteiger partial charge in [-0.1, -0.05) is 26.2 Å². The molecule has 0 saturated carbocycles. The standard InChI is InChI=1S/C16H22O4/c1-3-4-5-6-11-19-16(18)13(2)20-15-9-7-14(12-17)8-10-15/h7-10,12-13H,3-6,11H2,1-2H3/t13-/m1/s1. The van der Waals surface area contributed by atoms with E-state index in [1.54, 1.807) is 31.2 Å². The van der Waals surface area contributed by atoms with Gasteiger partial charge in [0.2, 0.25) is 0 Å². The predicted octanol–water partition coefficient (Wildman–Crippen LogP) is 3.39. The molecular formula is C16H22O4. The van der Waals surface area contributed by atoms with E-state index in [0.717, 1.165) is 32.0 Å². The highest BCUT2D eigenvalue weighted by Crippen LogP contribution is 2.13. The molecule has 0 spiro atoms. The van der Waals surface area contributed by atoms with E-state index in [9.17, 15) is 9.59 Å². The molecule has 0 saturated heterocycles. The highest BCUT2D eigenvalue weighted by molar-refractivity contribution is 5.75. The Morgan fingerprint density at radius 1 is 1.20 bits per heavy atom. The molecular weight excluding hydrogens is 256 g/mol. The second kappa shape index (κ2) is 9.13. The minimum absolute atomic E-state index is 0.360. The highest BCUT2D eigenvalue weighted by Gasteiger charge is 2.15. The van der Waals surface area contributed by atoms with Gasteiger partial charge in [0.05, 0.1) is 6.61 Å². The van der Waals surface area contributed by atoms with Crippen molar-refractivity contribution >= 4 is 12.3 Å². The summed E-state index contributed by atoms with van der Waals surface area (Å²) in [5.41, 5.74) is 0.573. The molecule has 0 N–H and O–H groups in total. The van der Waals surface area contributed by atoms with Crippen LogP contribution in [0.25, 0.3) is 0 Å². The molecule has 4 heteroatoms. The van der Waals surface area contributed by atoms with Gasteiger partial charge in [0.25, 0.3) is 0 Å². The molecule has 0 aliphatic rings. The third-order valence-electron chi connectivity index (χ3n) is 2.90. The van der Waals surface area contributed by atoms with Crippen LogP contribution in [0.1, 0.15) is 49.9 Å². The molecule has 0 aromatic heterocycles. The Hall–Kier alpha value is -1.84. The molecule has 4 nitrogen and oxygen atoms in total. The molecule has 0 amide bonds. The topological polar surface area (TPSA) is 52.6 Å². The number of unbranched alkanes of at least 4 members (excludes halogenated alkanes) is 3. The van der Waals surface area contributed by atoms with Crippen LogP contribution in [0, 0.1) is 0 Å². The van der Waals surface area contributed by atoms with Gasteiger partial charge in [-0.3, -0.25) is 4.79 Å². The van der Waals surface area contributed by atoms with Gasteiger partial charge in [0.1, 0.15) is 12.0 Å². The lowest BCUT2D eigenvalue weighted by atomic mass is 10.2. The second-order valence-corrected chi connectivity index (χ2v) is 4.68. The van der Waals surface area contributed by atoms with E-state index in [-0.39, 0.29) is 5.97 Å². The summed E-state index contributed by atoms with van der Waals surface area (Å²) in [6.07, 6.45) is 4.39. The van der Waals surface area contributed by atoms with Crippen molar-refractivity contribution in [3.05, 3.63) is 29.8 Å². The van der Waals surface area contributed by atoms with E-state index in [1.807, 2.05) is 0 Å². The molecule has 1 aromatic rings. The molecule has 0 unspecified atom stereocenters. The van der Waals surface area contributed by atoms with Crippen molar-refractivity contribution < 1.29 is 19.1 Å². The Morgan fingerprint density at radius 2 is 1.90 bits per heavy atom. The molecule has 0 heterocycles. The summed E-state index contributed by atoms with van der Waals surface area (Å²) in [5, 5.41) is 0. The Kier molecular flexibility index (Phi) is 7.40. The van der Waals surface area contributed by atoms with Crippen molar-refractivity contribution in [2.24, 2.45) is 0 Å². The Labute approximate surface area is 120 Å². The summed E-state index contributed by atoms with van der Waals surface area (Å²) in [6, 6.07) is 6.61. The highest BCUT2D eigenvalue weighted by atomic mass is 16.6. The van der Waals surface area contributed by atoms with Crippen LogP contribution in [-0.4, -0.2) is 25.0 Å². The maximum absolute atomic E-state index is 11.7. The van der Waals surface area contributed by atoms with Crippen molar-refractivity contribution in [1.29, 1.82) is 0 Å². The van der Waals surface area contributed by atoms with E-state index in [2.05, 4.69) is 6.92 Å². The van der Waals surface area contributed by atoms with Gasteiger partial charge in [-0.05, 0) is 37.6 Å². The largest absolute Gasteiger partial charge is 0.479 e. The van der Waals surface area contributed by atoms with E-state index in [4.69, 9.17) is 9.47 Å². The Morgan fingerprint density at radius 3 is 2.50 bits per heavy atom. The average Bonchev–Trinajstić information content (AvgIpc) is 2.47. The zero-order chi connectivity index (χ0) is 14.8. The molecule has 1 aromatic carbocycles. The number of benzene rings is 1. The van der Waals surface area contributed by atoms with Gasteiger partial charge in [0.15, 0.2) is 6.10 Å². The molecule has 0 radical (unpaired) electrons. The van der Waals surface area contributed by atoms with E-state index < -0.39 is 6.10 Å². The lowest BCUT2D eigenvalue weighted by Crippen LogP contribution is -2.26. The van der Waals surface area contributed by atoms with Crippen molar-refractivity contribution in [1.82, 2.24) is 0 Å². The Bertz CT molecular complexity index is 411.